The molecule has 0 aliphatic heterocycles. The summed E-state index contributed by atoms with van der Waals surface area (Å²) in [6, 6.07) is 1.64. The molecule has 16 heavy (non-hydrogen) atoms. The molecule has 0 atom stereocenters. The van der Waals surface area contributed by atoms with Gasteiger partial charge in [-0.25, -0.2) is 4.79 Å². The average Bonchev–Trinajstić information content (AvgIpc) is 2.27. The Kier molecular flexibility index (Phi) is 3.61. The molecule has 0 unspecified atom stereocenters. The Morgan fingerprint density at radius 1 is 1.62 bits per heavy atom. The average molecular weight is 223 g/mol. The van der Waals surface area contributed by atoms with E-state index >= 15 is 0 Å². The third-order valence-corrected chi connectivity index (χ3v) is 1.92. The van der Waals surface area contributed by atoms with Crippen molar-refractivity contribution in [3.05, 3.63) is 32.6 Å². The zero-order valence-electron chi connectivity index (χ0n) is 8.52. The van der Waals surface area contributed by atoms with Crippen LogP contribution in [0.25, 0.3) is 0 Å². The summed E-state index contributed by atoms with van der Waals surface area (Å²) >= 11 is 0. The highest BCUT2D eigenvalue weighted by Gasteiger charge is 2.06. The fourth-order valence-corrected chi connectivity index (χ4v) is 1.07. The molecule has 1 aromatic heterocycles. The number of carbonyl (C=O) groups excluding carboxylic acids is 1. The maximum absolute atomic E-state index is 11.3. The van der Waals surface area contributed by atoms with Crippen LogP contribution < -0.4 is 11.2 Å². The molecule has 0 aliphatic carbocycles. The fraction of sp³-hybridized carbons (Fsp3) is 0.333. The van der Waals surface area contributed by atoms with Crippen LogP contribution in [0.2, 0.25) is 0 Å². The van der Waals surface area contributed by atoms with E-state index in [0.29, 0.717) is 0 Å². The molecule has 1 rings (SSSR count). The summed E-state index contributed by atoms with van der Waals surface area (Å²) in [6.45, 7) is 0.0525. The highest BCUT2D eigenvalue weighted by molar-refractivity contribution is 5.68. The van der Waals surface area contributed by atoms with E-state index in [9.17, 15) is 14.4 Å². The molecule has 0 saturated heterocycles. The molecule has 0 amide bonds. The van der Waals surface area contributed by atoms with Crippen molar-refractivity contribution < 1.29 is 9.53 Å². The number of hydrogen-bond donors (Lipinski definition) is 1. The fourth-order valence-electron chi connectivity index (χ4n) is 1.07. The number of aryl methyl sites for hydroxylation is 1. The third kappa shape index (κ3) is 2.57. The van der Waals surface area contributed by atoms with Crippen molar-refractivity contribution in [2.24, 2.45) is 0 Å². The standard InChI is InChI=1S/C9H9N3O4/c1-16-7(13)2-3-12-5-6(4-10)8(14)11-9(12)15/h5H,2-3H2,1H3,(H,11,14,15). The Balaban J connectivity index is 2.98. The van der Waals surface area contributed by atoms with Gasteiger partial charge in [0.15, 0.2) is 0 Å². The second kappa shape index (κ2) is 4.93. The van der Waals surface area contributed by atoms with Gasteiger partial charge in [-0.2, -0.15) is 5.26 Å². The van der Waals surface area contributed by atoms with E-state index in [-0.39, 0.29) is 18.5 Å². The molecule has 0 fully saturated rings. The normalized spacial score (nSPS) is 9.50. The van der Waals surface area contributed by atoms with E-state index < -0.39 is 17.2 Å². The van der Waals surface area contributed by atoms with E-state index in [0.717, 1.165) is 10.8 Å². The molecule has 0 radical (unpaired) electrons. The van der Waals surface area contributed by atoms with E-state index in [1.54, 1.807) is 6.07 Å². The maximum Gasteiger partial charge on any atom is 0.328 e. The summed E-state index contributed by atoms with van der Waals surface area (Å²) < 4.78 is 5.48. The number of nitriles is 1. The first-order valence-corrected chi connectivity index (χ1v) is 4.39. The van der Waals surface area contributed by atoms with E-state index in [1.165, 1.54) is 7.11 Å². The van der Waals surface area contributed by atoms with Crippen molar-refractivity contribution in [2.45, 2.75) is 13.0 Å². The molecule has 7 heteroatoms. The van der Waals surface area contributed by atoms with Crippen LogP contribution in [0.1, 0.15) is 12.0 Å². The Bertz CT molecular complexity index is 549. The lowest BCUT2D eigenvalue weighted by atomic mass is 10.3. The van der Waals surface area contributed by atoms with Gasteiger partial charge in [0, 0.05) is 12.7 Å². The van der Waals surface area contributed by atoms with Crippen LogP contribution >= 0.6 is 0 Å². The molecule has 1 heterocycles. The molecule has 0 bridgehead atoms. The van der Waals surface area contributed by atoms with Gasteiger partial charge in [0.1, 0.15) is 11.6 Å². The van der Waals surface area contributed by atoms with Gasteiger partial charge < -0.3 is 4.74 Å². The number of aromatic nitrogens is 2. The first-order valence-electron chi connectivity index (χ1n) is 4.39. The van der Waals surface area contributed by atoms with Crippen LogP contribution in [0.3, 0.4) is 0 Å². The maximum atomic E-state index is 11.3. The zero-order valence-corrected chi connectivity index (χ0v) is 8.52. The van der Waals surface area contributed by atoms with Crippen molar-refractivity contribution in [1.82, 2.24) is 9.55 Å². The largest absolute Gasteiger partial charge is 0.469 e. The van der Waals surface area contributed by atoms with Gasteiger partial charge in [-0.15, -0.1) is 0 Å². The first kappa shape index (κ1) is 11.7. The highest BCUT2D eigenvalue weighted by atomic mass is 16.5. The van der Waals surface area contributed by atoms with Gasteiger partial charge in [0.05, 0.1) is 13.5 Å². The SMILES string of the molecule is COC(=O)CCn1cc(C#N)c(=O)[nH]c1=O. The zero-order chi connectivity index (χ0) is 12.1. The molecule has 0 aromatic carbocycles. The van der Waals surface area contributed by atoms with Crippen LogP contribution in [-0.2, 0) is 16.1 Å². The predicted octanol–water partition coefficient (Wildman–Crippen LogP) is -1.03. The van der Waals surface area contributed by atoms with Gasteiger partial charge in [-0.05, 0) is 0 Å². The molecule has 0 saturated carbocycles. The number of carbonyl (C=O) groups is 1. The van der Waals surface area contributed by atoms with Gasteiger partial charge >= 0.3 is 11.7 Å². The van der Waals surface area contributed by atoms with Crippen LogP contribution in [0.15, 0.2) is 15.8 Å². The van der Waals surface area contributed by atoms with Crippen molar-refractivity contribution in [3.8, 4) is 6.07 Å². The van der Waals surface area contributed by atoms with Gasteiger partial charge in [-0.3, -0.25) is 19.1 Å². The number of nitrogens with zero attached hydrogens (tertiary/aromatic N) is 2. The van der Waals surface area contributed by atoms with E-state index in [2.05, 4.69) is 4.74 Å². The number of rotatable bonds is 3. The van der Waals surface area contributed by atoms with Gasteiger partial charge in [0.25, 0.3) is 5.56 Å². The lowest BCUT2D eigenvalue weighted by Crippen LogP contribution is -2.31. The third-order valence-electron chi connectivity index (χ3n) is 1.92. The first-order chi connectivity index (χ1) is 7.58. The summed E-state index contributed by atoms with van der Waals surface area (Å²) in [6.07, 6.45) is 1.11. The number of H-pyrrole nitrogens is 1. The minimum absolute atomic E-state index is 0.00663. The van der Waals surface area contributed by atoms with Crippen LogP contribution in [0, 0.1) is 11.3 Å². The van der Waals surface area contributed by atoms with E-state index in [4.69, 9.17) is 5.26 Å². The Morgan fingerprint density at radius 2 is 2.31 bits per heavy atom. The van der Waals surface area contributed by atoms with Crippen molar-refractivity contribution >= 4 is 5.97 Å². The second-order valence-electron chi connectivity index (χ2n) is 2.93. The molecule has 0 spiro atoms. The summed E-state index contributed by atoms with van der Waals surface area (Å²) in [7, 11) is 1.23. The summed E-state index contributed by atoms with van der Waals surface area (Å²) in [5.74, 6) is -0.475. The number of aromatic amines is 1. The predicted molar refractivity (Wildman–Crippen MR) is 52.7 cm³/mol. The van der Waals surface area contributed by atoms with Gasteiger partial charge in [0.2, 0.25) is 0 Å². The summed E-state index contributed by atoms with van der Waals surface area (Å²) in [5.41, 5.74) is -1.57. The molecule has 0 aliphatic rings. The minimum Gasteiger partial charge on any atom is -0.469 e. The monoisotopic (exact) mass is 223 g/mol. The quantitative estimate of drug-likeness (QED) is 0.659. The Morgan fingerprint density at radius 3 is 2.88 bits per heavy atom. The minimum atomic E-state index is -0.734. The Hall–Kier alpha value is -2.36. The van der Waals surface area contributed by atoms with E-state index in [1.807, 2.05) is 4.98 Å². The highest BCUT2D eigenvalue weighted by Crippen LogP contribution is 1.90. The lowest BCUT2D eigenvalue weighted by Gasteiger charge is -2.03. The number of methoxy groups -OCH3 is 1. The number of esters is 1. The van der Waals surface area contributed by atoms with Crippen molar-refractivity contribution in [1.29, 1.82) is 5.26 Å². The molecule has 1 N–H and O–H groups in total. The molecular formula is C9H9N3O4. The second-order valence-corrected chi connectivity index (χ2v) is 2.93. The van der Waals surface area contributed by atoms with Crippen molar-refractivity contribution in [2.75, 3.05) is 7.11 Å². The van der Waals surface area contributed by atoms with Crippen LogP contribution in [-0.4, -0.2) is 22.6 Å². The smallest absolute Gasteiger partial charge is 0.328 e. The number of hydrogen-bond acceptors (Lipinski definition) is 5. The lowest BCUT2D eigenvalue weighted by molar-refractivity contribution is -0.140. The molecule has 84 valence electrons. The molecule has 7 nitrogen and oxygen atoms in total. The number of nitrogens with one attached hydrogen (secondary N) is 1. The molecular weight excluding hydrogens is 214 g/mol. The summed E-state index contributed by atoms with van der Waals surface area (Å²) in [4.78, 5) is 35.1. The number of ether oxygens (including phenoxy) is 1. The summed E-state index contributed by atoms with van der Waals surface area (Å²) in [5, 5.41) is 8.58. The topological polar surface area (TPSA) is 105 Å². The van der Waals surface area contributed by atoms with Crippen LogP contribution in [0.5, 0.6) is 0 Å². The van der Waals surface area contributed by atoms with Gasteiger partial charge in [-0.1, -0.05) is 0 Å². The molecule has 1 aromatic rings. The van der Waals surface area contributed by atoms with Crippen molar-refractivity contribution in [3.63, 3.8) is 0 Å². The Labute approximate surface area is 89.9 Å². The van der Waals surface area contributed by atoms with Crippen LogP contribution in [0.4, 0.5) is 0 Å².